The van der Waals surface area contributed by atoms with Gasteiger partial charge in [-0.05, 0) is 31.4 Å². The predicted molar refractivity (Wildman–Crippen MR) is 111 cm³/mol. The number of hydrogen-bond donors (Lipinski definition) is 1. The van der Waals surface area contributed by atoms with Gasteiger partial charge >= 0.3 is 0 Å². The molecule has 0 bridgehead atoms. The van der Waals surface area contributed by atoms with Crippen molar-refractivity contribution in [2.75, 3.05) is 13.1 Å². The number of likely N-dealkylation sites (tertiary alicyclic amines) is 1. The van der Waals surface area contributed by atoms with Gasteiger partial charge in [0.05, 0.1) is 12.6 Å². The molecule has 1 amide bonds. The van der Waals surface area contributed by atoms with Crippen LogP contribution in [0.25, 0.3) is 0 Å². The van der Waals surface area contributed by atoms with Crippen LogP contribution in [0.3, 0.4) is 0 Å². The topological polar surface area (TPSA) is 67.6 Å². The van der Waals surface area contributed by atoms with Crippen LogP contribution in [-0.4, -0.2) is 44.4 Å². The monoisotopic (exact) mass is 397 g/mol. The van der Waals surface area contributed by atoms with Gasteiger partial charge in [-0.3, -0.25) is 9.48 Å². The van der Waals surface area contributed by atoms with Crippen molar-refractivity contribution in [2.24, 2.45) is 0 Å². The maximum atomic E-state index is 12.9. The van der Waals surface area contributed by atoms with Gasteiger partial charge in [-0.2, -0.15) is 5.10 Å². The van der Waals surface area contributed by atoms with Gasteiger partial charge < -0.3 is 14.7 Å². The second kappa shape index (κ2) is 7.82. The predicted octanol–water partition coefficient (Wildman–Crippen LogP) is 3.45. The fourth-order valence-corrected chi connectivity index (χ4v) is 4.51. The first kappa shape index (κ1) is 20.0. The summed E-state index contributed by atoms with van der Waals surface area (Å²) in [6, 6.07) is 8.40. The first-order valence-corrected chi connectivity index (χ1v) is 10.7. The molecule has 29 heavy (non-hydrogen) atoms. The summed E-state index contributed by atoms with van der Waals surface area (Å²) in [5.41, 5.74) is 2.59. The van der Waals surface area contributed by atoms with Crippen molar-refractivity contribution in [3.05, 3.63) is 47.3 Å². The third-order valence-corrected chi connectivity index (χ3v) is 6.33. The fraction of sp³-hybridized carbons (Fsp3) is 0.565. The summed E-state index contributed by atoms with van der Waals surface area (Å²) in [5.74, 6) is 0.861. The van der Waals surface area contributed by atoms with Crippen molar-refractivity contribution < 1.29 is 14.6 Å². The molecule has 1 unspecified atom stereocenters. The maximum Gasteiger partial charge on any atom is 0.227 e. The average Bonchev–Trinajstić information content (AvgIpc) is 3.13. The summed E-state index contributed by atoms with van der Waals surface area (Å²) in [5, 5.41) is 15.2. The van der Waals surface area contributed by atoms with Gasteiger partial charge in [0.15, 0.2) is 5.75 Å². The number of piperidine rings is 1. The quantitative estimate of drug-likeness (QED) is 0.858. The Morgan fingerprint density at radius 1 is 1.28 bits per heavy atom. The number of carbonyl (C=O) groups excluding carboxylic acids is 1. The average molecular weight is 398 g/mol. The molecule has 6 nitrogen and oxygen atoms in total. The SMILES string of the molecule is CCc1ccccc1CC(=O)N1CCC2(CC1)CC(O)c1nn(C(C)C)cc1O2. The minimum absolute atomic E-state index is 0.172. The highest BCUT2D eigenvalue weighted by molar-refractivity contribution is 5.79. The molecule has 1 atom stereocenters. The molecule has 3 heterocycles. The van der Waals surface area contributed by atoms with Crippen molar-refractivity contribution >= 4 is 5.91 Å². The van der Waals surface area contributed by atoms with Crippen molar-refractivity contribution in [3.63, 3.8) is 0 Å². The molecule has 1 fully saturated rings. The lowest BCUT2D eigenvalue weighted by atomic mass is 9.83. The Kier molecular flexibility index (Phi) is 5.38. The normalized spacial score (nSPS) is 20.6. The second-order valence-corrected chi connectivity index (χ2v) is 8.64. The maximum absolute atomic E-state index is 12.9. The van der Waals surface area contributed by atoms with Gasteiger partial charge in [0, 0.05) is 38.4 Å². The highest BCUT2D eigenvalue weighted by Crippen LogP contribution is 2.44. The number of aryl methyl sites for hydroxylation is 1. The van der Waals surface area contributed by atoms with E-state index in [1.165, 1.54) is 5.56 Å². The molecule has 0 radical (unpaired) electrons. The Hall–Kier alpha value is -2.34. The van der Waals surface area contributed by atoms with Crippen LogP contribution in [0.15, 0.2) is 30.5 Å². The Bertz CT molecular complexity index is 881. The molecular weight excluding hydrogens is 366 g/mol. The Labute approximate surface area is 172 Å². The molecule has 1 N–H and O–H groups in total. The number of aliphatic hydroxyl groups is 1. The molecular formula is C23H31N3O3. The largest absolute Gasteiger partial charge is 0.483 e. The first-order valence-electron chi connectivity index (χ1n) is 10.7. The second-order valence-electron chi connectivity index (χ2n) is 8.64. The standard InChI is InChI=1S/C23H31N3O3/c1-4-17-7-5-6-8-18(17)13-21(28)25-11-9-23(10-12-25)14-19(27)22-20(29-23)15-26(24-22)16(2)3/h5-8,15-16,19,27H,4,9-14H2,1-3H3. The van der Waals surface area contributed by atoms with Crippen LogP contribution in [0.4, 0.5) is 0 Å². The summed E-state index contributed by atoms with van der Waals surface area (Å²) in [7, 11) is 0. The van der Waals surface area contributed by atoms with Crippen LogP contribution in [0.2, 0.25) is 0 Å². The number of ether oxygens (including phenoxy) is 1. The third kappa shape index (κ3) is 3.90. The van der Waals surface area contributed by atoms with Crippen LogP contribution in [0.1, 0.15) is 69.0 Å². The summed E-state index contributed by atoms with van der Waals surface area (Å²) >= 11 is 0. The molecule has 1 aromatic carbocycles. The minimum Gasteiger partial charge on any atom is -0.483 e. The van der Waals surface area contributed by atoms with Crippen LogP contribution in [0, 0.1) is 0 Å². The first-order chi connectivity index (χ1) is 13.9. The van der Waals surface area contributed by atoms with Crippen LogP contribution >= 0.6 is 0 Å². The van der Waals surface area contributed by atoms with Crippen molar-refractivity contribution in [1.29, 1.82) is 0 Å². The van der Waals surface area contributed by atoms with Crippen LogP contribution < -0.4 is 4.74 Å². The molecule has 0 saturated carbocycles. The molecule has 156 valence electrons. The number of aliphatic hydroxyl groups excluding tert-OH is 1. The Balaban J connectivity index is 1.41. The van der Waals surface area contributed by atoms with Gasteiger partial charge in [0.1, 0.15) is 17.4 Å². The van der Waals surface area contributed by atoms with Crippen LogP contribution in [-0.2, 0) is 17.6 Å². The van der Waals surface area contributed by atoms with Crippen molar-refractivity contribution in [1.82, 2.24) is 14.7 Å². The number of aromatic nitrogens is 2. The molecule has 1 spiro atoms. The molecule has 1 saturated heterocycles. The van der Waals surface area contributed by atoms with E-state index in [0.717, 1.165) is 24.8 Å². The van der Waals surface area contributed by atoms with E-state index in [1.807, 2.05) is 27.9 Å². The van der Waals surface area contributed by atoms with E-state index in [0.29, 0.717) is 37.4 Å². The van der Waals surface area contributed by atoms with Gasteiger partial charge in [0.2, 0.25) is 5.91 Å². The molecule has 6 heteroatoms. The smallest absolute Gasteiger partial charge is 0.227 e. The molecule has 2 aliphatic rings. The zero-order chi connectivity index (χ0) is 20.6. The van der Waals surface area contributed by atoms with Crippen molar-refractivity contribution in [3.8, 4) is 5.75 Å². The number of fused-ring (bicyclic) bond motifs is 1. The molecule has 2 aliphatic heterocycles. The van der Waals surface area contributed by atoms with E-state index in [-0.39, 0.29) is 11.9 Å². The van der Waals surface area contributed by atoms with E-state index in [1.54, 1.807) is 0 Å². The van der Waals surface area contributed by atoms with E-state index in [9.17, 15) is 9.90 Å². The molecule has 2 aromatic rings. The zero-order valence-corrected chi connectivity index (χ0v) is 17.6. The van der Waals surface area contributed by atoms with Gasteiger partial charge in [-0.15, -0.1) is 0 Å². The van der Waals surface area contributed by atoms with E-state index < -0.39 is 11.7 Å². The number of hydrogen-bond acceptors (Lipinski definition) is 4. The van der Waals surface area contributed by atoms with Gasteiger partial charge in [-0.1, -0.05) is 31.2 Å². The van der Waals surface area contributed by atoms with Crippen molar-refractivity contribution in [2.45, 2.75) is 70.6 Å². The molecule has 1 aromatic heterocycles. The lowest BCUT2D eigenvalue weighted by Gasteiger charge is -2.44. The number of rotatable bonds is 4. The highest BCUT2D eigenvalue weighted by atomic mass is 16.5. The molecule has 0 aliphatic carbocycles. The lowest BCUT2D eigenvalue weighted by molar-refractivity contribution is -0.135. The molecule has 4 rings (SSSR count). The number of benzene rings is 1. The van der Waals surface area contributed by atoms with E-state index in [2.05, 4.69) is 38.0 Å². The third-order valence-electron chi connectivity index (χ3n) is 6.33. The van der Waals surface area contributed by atoms with E-state index >= 15 is 0 Å². The Morgan fingerprint density at radius 3 is 2.62 bits per heavy atom. The number of nitrogens with zero attached hydrogens (tertiary/aromatic N) is 3. The summed E-state index contributed by atoms with van der Waals surface area (Å²) in [6.07, 6.45) is 4.67. The highest BCUT2D eigenvalue weighted by Gasteiger charge is 2.45. The summed E-state index contributed by atoms with van der Waals surface area (Å²) < 4.78 is 8.21. The summed E-state index contributed by atoms with van der Waals surface area (Å²) in [6.45, 7) is 7.55. The number of amides is 1. The van der Waals surface area contributed by atoms with Crippen LogP contribution in [0.5, 0.6) is 5.75 Å². The fourth-order valence-electron chi connectivity index (χ4n) is 4.51. The lowest BCUT2D eigenvalue weighted by Crippen LogP contribution is -2.52. The zero-order valence-electron chi connectivity index (χ0n) is 17.6. The number of carbonyl (C=O) groups is 1. The van der Waals surface area contributed by atoms with E-state index in [4.69, 9.17) is 4.74 Å². The Morgan fingerprint density at radius 2 is 1.97 bits per heavy atom. The van der Waals surface area contributed by atoms with Gasteiger partial charge in [0.25, 0.3) is 0 Å². The van der Waals surface area contributed by atoms with Gasteiger partial charge in [-0.25, -0.2) is 0 Å². The minimum atomic E-state index is -0.613. The summed E-state index contributed by atoms with van der Waals surface area (Å²) in [4.78, 5) is 14.8.